The van der Waals surface area contributed by atoms with Crippen LogP contribution in [0.15, 0.2) is 51.9 Å². The van der Waals surface area contributed by atoms with E-state index in [9.17, 15) is 9.90 Å². The second-order valence-electron chi connectivity index (χ2n) is 7.41. The van der Waals surface area contributed by atoms with E-state index in [1.54, 1.807) is 18.2 Å². The van der Waals surface area contributed by atoms with Gasteiger partial charge in [-0.25, -0.2) is 4.99 Å². The van der Waals surface area contributed by atoms with Crippen molar-refractivity contribution in [2.75, 3.05) is 13.2 Å². The molecular formula is C23H24N2O4. The fraction of sp³-hybridized carbons (Fsp3) is 0.304. The highest BCUT2D eigenvalue weighted by Crippen LogP contribution is 2.21. The number of hydrogen-bond acceptors (Lipinski definition) is 5. The van der Waals surface area contributed by atoms with Crippen LogP contribution in [0.5, 0.6) is 5.75 Å². The van der Waals surface area contributed by atoms with Gasteiger partial charge < -0.3 is 19.6 Å². The number of ether oxygens (including phenoxy) is 1. The Balaban J connectivity index is 1.76. The lowest BCUT2D eigenvalue weighted by Crippen LogP contribution is -2.34. The van der Waals surface area contributed by atoms with Gasteiger partial charge in [0.2, 0.25) is 5.55 Å². The maximum atomic E-state index is 12.9. The van der Waals surface area contributed by atoms with Crippen molar-refractivity contribution in [1.29, 1.82) is 0 Å². The van der Waals surface area contributed by atoms with Crippen LogP contribution in [0.25, 0.3) is 11.0 Å². The summed E-state index contributed by atoms with van der Waals surface area (Å²) in [5, 5.41) is 13.4. The summed E-state index contributed by atoms with van der Waals surface area (Å²) < 4.78 is 11.5. The van der Waals surface area contributed by atoms with Crippen LogP contribution in [0.2, 0.25) is 0 Å². The summed E-state index contributed by atoms with van der Waals surface area (Å²) in [5.74, 6) is -0.171. The maximum absolute atomic E-state index is 12.9. The Hall–Kier alpha value is -3.12. The number of aromatic hydroxyl groups is 1. The summed E-state index contributed by atoms with van der Waals surface area (Å²) >= 11 is 0. The fourth-order valence-corrected chi connectivity index (χ4v) is 3.37. The molecule has 1 atom stereocenters. The minimum atomic E-state index is -0.262. The summed E-state index contributed by atoms with van der Waals surface area (Å²) in [4.78, 5) is 17.5. The first kappa shape index (κ1) is 19.2. The second kappa shape index (κ2) is 8.09. The molecule has 6 nitrogen and oxygen atoms in total. The monoisotopic (exact) mass is 392 g/mol. The molecule has 0 unspecified atom stereocenters. The van der Waals surface area contributed by atoms with E-state index in [4.69, 9.17) is 9.15 Å². The lowest BCUT2D eigenvalue weighted by atomic mass is 10.1. The Labute approximate surface area is 168 Å². The van der Waals surface area contributed by atoms with Crippen LogP contribution in [-0.4, -0.2) is 30.3 Å². The predicted molar refractivity (Wildman–Crippen MR) is 110 cm³/mol. The van der Waals surface area contributed by atoms with Gasteiger partial charge in [0.1, 0.15) is 16.9 Å². The lowest BCUT2D eigenvalue weighted by molar-refractivity contribution is 0.0854. The van der Waals surface area contributed by atoms with Gasteiger partial charge in [-0.2, -0.15) is 0 Å². The molecule has 0 aliphatic carbocycles. The minimum absolute atomic E-state index is 0.0495. The number of nitrogens with one attached hydrogen (secondary N) is 1. The largest absolute Gasteiger partial charge is 0.508 e. The van der Waals surface area contributed by atoms with Crippen molar-refractivity contribution in [3.8, 4) is 5.75 Å². The molecule has 0 bridgehead atoms. The van der Waals surface area contributed by atoms with E-state index < -0.39 is 0 Å². The quantitative estimate of drug-likeness (QED) is 0.705. The number of phenols is 1. The zero-order valence-corrected chi connectivity index (χ0v) is 16.6. The van der Waals surface area contributed by atoms with Crippen LogP contribution in [0.1, 0.15) is 34.3 Å². The topological polar surface area (TPSA) is 84.1 Å². The molecule has 0 radical (unpaired) electrons. The summed E-state index contributed by atoms with van der Waals surface area (Å²) in [5.41, 5.74) is 3.98. The highest BCUT2D eigenvalue weighted by atomic mass is 16.5. The SMILES string of the molecule is Cc1ccc(N=c2oc3cc(O)ccc3cc2C(=O)NC[C@H]2CCCO2)cc1C. The van der Waals surface area contributed by atoms with E-state index >= 15 is 0 Å². The van der Waals surface area contributed by atoms with Gasteiger partial charge in [0.05, 0.1) is 11.8 Å². The van der Waals surface area contributed by atoms with Crippen molar-refractivity contribution in [3.05, 3.63) is 64.7 Å². The van der Waals surface area contributed by atoms with Gasteiger partial charge in [-0.05, 0) is 68.1 Å². The standard InChI is InChI=1S/C23H24N2O4/c1-14-5-7-17(10-15(14)2)25-23-20(22(27)24-13-19-4-3-9-28-19)11-16-6-8-18(26)12-21(16)29-23/h5-8,10-12,19,26H,3-4,9,13H2,1-2H3,(H,24,27)/t19-/m1/s1. The van der Waals surface area contributed by atoms with Crippen LogP contribution >= 0.6 is 0 Å². The average Bonchev–Trinajstić information content (AvgIpc) is 3.22. The van der Waals surface area contributed by atoms with Crippen molar-refractivity contribution < 1.29 is 19.1 Å². The smallest absolute Gasteiger partial charge is 0.256 e. The van der Waals surface area contributed by atoms with Crippen LogP contribution in [-0.2, 0) is 4.74 Å². The second-order valence-corrected chi connectivity index (χ2v) is 7.41. The molecule has 29 heavy (non-hydrogen) atoms. The van der Waals surface area contributed by atoms with Crippen LogP contribution in [0.4, 0.5) is 5.69 Å². The van der Waals surface area contributed by atoms with E-state index in [2.05, 4.69) is 10.3 Å². The molecule has 0 saturated carbocycles. The van der Waals surface area contributed by atoms with Gasteiger partial charge >= 0.3 is 0 Å². The zero-order valence-electron chi connectivity index (χ0n) is 16.6. The van der Waals surface area contributed by atoms with Gasteiger partial charge in [-0.3, -0.25) is 4.79 Å². The molecule has 1 aliphatic rings. The first-order valence-electron chi connectivity index (χ1n) is 9.78. The van der Waals surface area contributed by atoms with Crippen LogP contribution in [0.3, 0.4) is 0 Å². The molecule has 3 aromatic rings. The average molecular weight is 392 g/mol. The van der Waals surface area contributed by atoms with Gasteiger partial charge in [-0.1, -0.05) is 6.07 Å². The Bertz CT molecular complexity index is 1130. The number of hydrogen-bond donors (Lipinski definition) is 2. The highest BCUT2D eigenvalue weighted by molar-refractivity contribution is 5.96. The van der Waals surface area contributed by atoms with Crippen molar-refractivity contribution in [3.63, 3.8) is 0 Å². The molecule has 6 heteroatoms. The number of carbonyl (C=O) groups excluding carboxylic acids is 1. The molecule has 1 aromatic heterocycles. The third kappa shape index (κ3) is 4.32. The number of carbonyl (C=O) groups is 1. The van der Waals surface area contributed by atoms with Crippen molar-refractivity contribution in [2.45, 2.75) is 32.8 Å². The Morgan fingerprint density at radius 3 is 2.79 bits per heavy atom. The zero-order chi connectivity index (χ0) is 20.4. The number of nitrogens with zero attached hydrogens (tertiary/aromatic N) is 1. The first-order chi connectivity index (χ1) is 14.0. The van der Waals surface area contributed by atoms with Crippen LogP contribution in [0, 0.1) is 13.8 Å². The summed E-state index contributed by atoms with van der Waals surface area (Å²) in [6.07, 6.45) is 2.01. The molecule has 150 valence electrons. The van der Waals surface area contributed by atoms with Gasteiger partial charge in [0.15, 0.2) is 0 Å². The molecular weight excluding hydrogens is 368 g/mol. The molecule has 1 aliphatic heterocycles. The third-order valence-electron chi connectivity index (χ3n) is 5.21. The summed E-state index contributed by atoms with van der Waals surface area (Å²) in [6, 6.07) is 12.4. The molecule has 1 saturated heterocycles. The molecule has 2 aromatic carbocycles. The van der Waals surface area contributed by atoms with E-state index in [1.807, 2.05) is 32.0 Å². The molecule has 0 spiro atoms. The fourth-order valence-electron chi connectivity index (χ4n) is 3.37. The van der Waals surface area contributed by atoms with E-state index in [0.29, 0.717) is 28.8 Å². The molecule has 2 heterocycles. The number of amides is 1. The number of benzene rings is 2. The summed E-state index contributed by atoms with van der Waals surface area (Å²) in [7, 11) is 0. The molecule has 1 fully saturated rings. The Morgan fingerprint density at radius 2 is 2.03 bits per heavy atom. The Kier molecular flexibility index (Phi) is 5.36. The lowest BCUT2D eigenvalue weighted by Gasteiger charge is -2.11. The number of phenolic OH excluding ortho intramolecular Hbond substituents is 1. The normalized spacial score (nSPS) is 17.0. The number of aryl methyl sites for hydroxylation is 2. The predicted octanol–water partition coefficient (Wildman–Crippen LogP) is 3.90. The molecule has 1 amide bonds. The molecule has 4 rings (SSSR count). The van der Waals surface area contributed by atoms with E-state index in [-0.39, 0.29) is 23.3 Å². The first-order valence-corrected chi connectivity index (χ1v) is 9.78. The maximum Gasteiger partial charge on any atom is 0.256 e. The van der Waals surface area contributed by atoms with E-state index in [0.717, 1.165) is 25.0 Å². The van der Waals surface area contributed by atoms with Gasteiger partial charge in [0.25, 0.3) is 5.91 Å². The van der Waals surface area contributed by atoms with Crippen molar-refractivity contribution in [1.82, 2.24) is 5.32 Å². The van der Waals surface area contributed by atoms with Gasteiger partial charge in [0, 0.05) is 24.6 Å². The number of fused-ring (bicyclic) bond motifs is 1. The number of rotatable bonds is 4. The van der Waals surface area contributed by atoms with Crippen molar-refractivity contribution >= 4 is 22.6 Å². The van der Waals surface area contributed by atoms with Crippen molar-refractivity contribution in [2.24, 2.45) is 4.99 Å². The van der Waals surface area contributed by atoms with Gasteiger partial charge in [-0.15, -0.1) is 0 Å². The van der Waals surface area contributed by atoms with Crippen LogP contribution < -0.4 is 10.9 Å². The third-order valence-corrected chi connectivity index (χ3v) is 5.21. The van der Waals surface area contributed by atoms with E-state index in [1.165, 1.54) is 11.6 Å². The minimum Gasteiger partial charge on any atom is -0.508 e. The highest BCUT2D eigenvalue weighted by Gasteiger charge is 2.18. The molecule has 2 N–H and O–H groups in total. The Morgan fingerprint density at radius 1 is 1.17 bits per heavy atom. The summed E-state index contributed by atoms with van der Waals surface area (Å²) in [6.45, 7) is 5.24.